The first-order valence-corrected chi connectivity index (χ1v) is 11.6. The predicted molar refractivity (Wildman–Crippen MR) is 122 cm³/mol. The van der Waals surface area contributed by atoms with Crippen molar-refractivity contribution in [1.29, 1.82) is 0 Å². The molecule has 4 aromatic rings. The Morgan fingerprint density at radius 3 is 2.28 bits per heavy atom. The Morgan fingerprint density at radius 1 is 1.00 bits per heavy atom. The Hall–Kier alpha value is -3.23. The standard InChI is InChI=1S/C23H20ClN3O4S/c1-13-9-14(2)23(15(3)10-13)32(29,30)27-12-19(16(4)28)18-6-5-17(11-20(18)27)31-22-8-7-21(24)25-26-22/h5-12H,1-4H3. The Balaban J connectivity index is 1.92. The first kappa shape index (κ1) is 22.0. The summed E-state index contributed by atoms with van der Waals surface area (Å²) in [5, 5.41) is 8.32. The van der Waals surface area contributed by atoms with E-state index >= 15 is 0 Å². The van der Waals surface area contributed by atoms with Gasteiger partial charge in [-0.05, 0) is 57.0 Å². The molecule has 7 nitrogen and oxygen atoms in total. The molecule has 0 spiro atoms. The van der Waals surface area contributed by atoms with Gasteiger partial charge in [0.25, 0.3) is 10.0 Å². The summed E-state index contributed by atoms with van der Waals surface area (Å²) in [6.07, 6.45) is 1.37. The Kier molecular flexibility index (Phi) is 5.52. The third kappa shape index (κ3) is 3.87. The summed E-state index contributed by atoms with van der Waals surface area (Å²) in [5.41, 5.74) is 2.88. The normalized spacial score (nSPS) is 11.7. The van der Waals surface area contributed by atoms with Crippen LogP contribution < -0.4 is 4.74 Å². The van der Waals surface area contributed by atoms with Crippen LogP contribution in [0.2, 0.25) is 5.15 Å². The van der Waals surface area contributed by atoms with Crippen molar-refractivity contribution in [3.8, 4) is 11.6 Å². The topological polar surface area (TPSA) is 91.2 Å². The number of carbonyl (C=O) groups is 1. The van der Waals surface area contributed by atoms with Gasteiger partial charge in [-0.3, -0.25) is 4.79 Å². The summed E-state index contributed by atoms with van der Waals surface area (Å²) >= 11 is 5.76. The first-order valence-electron chi connectivity index (χ1n) is 9.74. The van der Waals surface area contributed by atoms with Crippen molar-refractivity contribution in [3.63, 3.8) is 0 Å². The maximum atomic E-state index is 13.7. The highest BCUT2D eigenvalue weighted by Gasteiger charge is 2.26. The molecule has 0 N–H and O–H groups in total. The number of fused-ring (bicyclic) bond motifs is 1. The van der Waals surface area contributed by atoms with E-state index in [0.717, 1.165) is 9.54 Å². The zero-order valence-electron chi connectivity index (χ0n) is 17.9. The van der Waals surface area contributed by atoms with Crippen molar-refractivity contribution in [2.75, 3.05) is 0 Å². The molecule has 4 rings (SSSR count). The molecular weight excluding hydrogens is 450 g/mol. The number of carbonyl (C=O) groups excluding carboxylic acids is 1. The zero-order chi connectivity index (χ0) is 23.2. The van der Waals surface area contributed by atoms with E-state index in [1.54, 1.807) is 38.1 Å². The van der Waals surface area contributed by atoms with Crippen LogP contribution in [-0.2, 0) is 10.0 Å². The summed E-state index contributed by atoms with van der Waals surface area (Å²) in [5.74, 6) is 0.307. The fourth-order valence-corrected chi connectivity index (χ4v) is 5.76. The van der Waals surface area contributed by atoms with Gasteiger partial charge in [0.15, 0.2) is 10.9 Å². The SMILES string of the molecule is CC(=O)c1cn(S(=O)(=O)c2c(C)cc(C)cc2C)c2cc(Oc3ccc(Cl)nn3)ccc12. The minimum absolute atomic E-state index is 0.201. The maximum Gasteiger partial charge on any atom is 0.268 e. The minimum Gasteiger partial charge on any atom is -0.437 e. The van der Waals surface area contributed by atoms with Crippen molar-refractivity contribution < 1.29 is 17.9 Å². The quantitative estimate of drug-likeness (QED) is 0.371. The Labute approximate surface area is 190 Å². The molecule has 0 saturated heterocycles. The van der Waals surface area contributed by atoms with Crippen LogP contribution in [0.1, 0.15) is 34.0 Å². The van der Waals surface area contributed by atoms with Crippen LogP contribution in [0.25, 0.3) is 10.9 Å². The Morgan fingerprint density at radius 2 is 1.69 bits per heavy atom. The number of benzene rings is 2. The second-order valence-electron chi connectivity index (χ2n) is 7.60. The third-order valence-corrected chi connectivity index (χ3v) is 7.26. The van der Waals surface area contributed by atoms with Crippen LogP contribution in [0.3, 0.4) is 0 Å². The fraction of sp³-hybridized carbons (Fsp3) is 0.174. The lowest BCUT2D eigenvalue weighted by Gasteiger charge is -2.14. The van der Waals surface area contributed by atoms with Gasteiger partial charge in [0, 0.05) is 29.3 Å². The molecular formula is C23H20ClN3O4S. The van der Waals surface area contributed by atoms with Gasteiger partial charge in [-0.2, -0.15) is 0 Å². The van der Waals surface area contributed by atoms with E-state index in [4.69, 9.17) is 16.3 Å². The second-order valence-corrected chi connectivity index (χ2v) is 9.74. The molecule has 2 aromatic heterocycles. The van der Waals surface area contributed by atoms with Crippen molar-refractivity contribution in [2.45, 2.75) is 32.6 Å². The van der Waals surface area contributed by atoms with E-state index in [0.29, 0.717) is 33.3 Å². The van der Waals surface area contributed by atoms with Crippen molar-refractivity contribution in [1.82, 2.24) is 14.2 Å². The lowest BCUT2D eigenvalue weighted by molar-refractivity contribution is 0.101. The number of nitrogens with zero attached hydrogens (tertiary/aromatic N) is 3. The zero-order valence-corrected chi connectivity index (χ0v) is 19.5. The fourth-order valence-electron chi connectivity index (χ4n) is 3.87. The number of aromatic nitrogens is 3. The Bertz CT molecular complexity index is 1450. The summed E-state index contributed by atoms with van der Waals surface area (Å²) in [6.45, 7) is 6.84. The highest BCUT2D eigenvalue weighted by Crippen LogP contribution is 2.33. The lowest BCUT2D eigenvalue weighted by atomic mass is 10.1. The first-order chi connectivity index (χ1) is 15.1. The maximum absolute atomic E-state index is 13.7. The summed E-state index contributed by atoms with van der Waals surface area (Å²) in [4.78, 5) is 12.5. The molecule has 0 bridgehead atoms. The lowest BCUT2D eigenvalue weighted by Crippen LogP contribution is -2.15. The molecule has 164 valence electrons. The number of ketones is 1. The molecule has 9 heteroatoms. The van der Waals surface area contributed by atoms with Crippen molar-refractivity contribution in [3.05, 3.63) is 76.1 Å². The molecule has 0 aliphatic heterocycles. The molecule has 0 fully saturated rings. The van der Waals surface area contributed by atoms with E-state index in [1.807, 2.05) is 19.1 Å². The average molecular weight is 470 g/mol. The molecule has 0 radical (unpaired) electrons. The highest BCUT2D eigenvalue weighted by molar-refractivity contribution is 7.90. The van der Waals surface area contributed by atoms with Crippen LogP contribution in [0, 0.1) is 20.8 Å². The largest absolute Gasteiger partial charge is 0.437 e. The molecule has 32 heavy (non-hydrogen) atoms. The van der Waals surface area contributed by atoms with Crippen LogP contribution >= 0.6 is 11.6 Å². The minimum atomic E-state index is -3.99. The van der Waals surface area contributed by atoms with Gasteiger partial charge in [-0.25, -0.2) is 12.4 Å². The second kappa shape index (κ2) is 8.03. The monoisotopic (exact) mass is 469 g/mol. The van der Waals surface area contributed by atoms with Gasteiger partial charge in [0.2, 0.25) is 5.88 Å². The average Bonchev–Trinajstić information content (AvgIpc) is 3.09. The smallest absolute Gasteiger partial charge is 0.268 e. The van der Waals surface area contributed by atoms with Gasteiger partial charge in [-0.15, -0.1) is 10.2 Å². The predicted octanol–water partition coefficient (Wildman–Crippen LogP) is 5.24. The van der Waals surface area contributed by atoms with Crippen molar-refractivity contribution in [2.24, 2.45) is 0 Å². The molecule has 0 aliphatic rings. The number of Topliss-reactive ketones (excluding diaryl/α,β-unsaturated/α-hetero) is 1. The molecule has 0 amide bonds. The number of hydrogen-bond acceptors (Lipinski definition) is 6. The molecule has 0 saturated carbocycles. The van der Waals surface area contributed by atoms with E-state index < -0.39 is 10.0 Å². The van der Waals surface area contributed by atoms with Gasteiger partial charge in [0.1, 0.15) is 5.75 Å². The van der Waals surface area contributed by atoms with Gasteiger partial charge < -0.3 is 4.74 Å². The summed E-state index contributed by atoms with van der Waals surface area (Å²) < 4.78 is 34.3. The van der Waals surface area contributed by atoms with E-state index in [9.17, 15) is 13.2 Å². The number of hydrogen-bond donors (Lipinski definition) is 0. The third-order valence-electron chi connectivity index (χ3n) is 5.07. The van der Waals surface area contributed by atoms with Gasteiger partial charge in [-0.1, -0.05) is 29.3 Å². The molecule has 2 aromatic carbocycles. The van der Waals surface area contributed by atoms with Crippen molar-refractivity contribution >= 4 is 38.3 Å². The molecule has 0 aliphatic carbocycles. The van der Waals surface area contributed by atoms with Crippen LogP contribution in [0.4, 0.5) is 0 Å². The summed E-state index contributed by atoms with van der Waals surface area (Å²) in [7, 11) is -3.99. The van der Waals surface area contributed by atoms with E-state index in [2.05, 4.69) is 10.2 Å². The van der Waals surface area contributed by atoms with E-state index in [-0.39, 0.29) is 21.7 Å². The molecule has 0 unspecified atom stereocenters. The number of aryl methyl sites for hydroxylation is 3. The summed E-state index contributed by atoms with van der Waals surface area (Å²) in [6, 6.07) is 11.6. The van der Waals surface area contributed by atoms with E-state index in [1.165, 1.54) is 19.2 Å². The van der Waals surface area contributed by atoms with Crippen LogP contribution in [0.5, 0.6) is 11.6 Å². The van der Waals surface area contributed by atoms with Crippen LogP contribution in [-0.4, -0.2) is 28.4 Å². The number of halogens is 1. The number of rotatable bonds is 5. The van der Waals surface area contributed by atoms with Gasteiger partial charge in [0.05, 0.1) is 10.4 Å². The van der Waals surface area contributed by atoms with Gasteiger partial charge >= 0.3 is 0 Å². The molecule has 0 atom stereocenters. The molecule has 2 heterocycles. The van der Waals surface area contributed by atoms with Crippen LogP contribution in [0.15, 0.2) is 53.6 Å². The highest BCUT2D eigenvalue weighted by atomic mass is 35.5. The number of ether oxygens (including phenoxy) is 1.